The number of rotatable bonds is 0. The highest BCUT2D eigenvalue weighted by Gasteiger charge is 2.20. The van der Waals surface area contributed by atoms with Gasteiger partial charge in [0.25, 0.3) is 0 Å². The molecule has 14 heavy (non-hydrogen) atoms. The van der Waals surface area contributed by atoms with Crippen LogP contribution in [0.15, 0.2) is 26.2 Å². The van der Waals surface area contributed by atoms with E-state index >= 15 is 0 Å². The van der Waals surface area contributed by atoms with Crippen LogP contribution in [0.3, 0.4) is 0 Å². The summed E-state index contributed by atoms with van der Waals surface area (Å²) < 4.78 is 3.06. The minimum absolute atomic E-state index is 1.15. The van der Waals surface area contributed by atoms with E-state index in [0.29, 0.717) is 0 Å². The minimum Gasteiger partial charge on any atom is -0.114 e. The summed E-state index contributed by atoms with van der Waals surface area (Å²) in [5, 5.41) is 0. The first-order valence-corrected chi connectivity index (χ1v) is 10.7. The summed E-state index contributed by atoms with van der Waals surface area (Å²) in [6.07, 6.45) is 5.74. The van der Waals surface area contributed by atoms with Crippen molar-refractivity contribution >= 4 is 62.9 Å². The second kappa shape index (κ2) is 4.35. The zero-order valence-electron chi connectivity index (χ0n) is 7.02. The van der Waals surface area contributed by atoms with Crippen molar-refractivity contribution in [3.05, 3.63) is 26.8 Å². The van der Waals surface area contributed by atoms with Gasteiger partial charge in [0.2, 0.25) is 0 Å². The Kier molecular flexibility index (Phi) is 3.10. The third kappa shape index (κ3) is 1.88. The molecule has 3 rings (SSSR count). The lowest BCUT2D eigenvalue weighted by Crippen LogP contribution is -1.99. The van der Waals surface area contributed by atoms with E-state index in [1.54, 1.807) is 4.88 Å². The zero-order chi connectivity index (χ0) is 9.38. The second-order valence-electron chi connectivity index (χ2n) is 2.82. The topological polar surface area (TPSA) is 0 Å². The molecular formula is C8H6S6. The minimum atomic E-state index is 1.15. The predicted octanol–water partition coefficient (Wildman–Crippen LogP) is 5.22. The van der Waals surface area contributed by atoms with Crippen LogP contribution in [0, 0.1) is 0 Å². The molecule has 0 fully saturated rings. The lowest BCUT2D eigenvalue weighted by Gasteiger charge is -2.20. The van der Waals surface area contributed by atoms with Crippen molar-refractivity contribution in [2.45, 2.75) is 10.6 Å². The molecule has 1 aromatic heterocycles. The van der Waals surface area contributed by atoms with Gasteiger partial charge in [-0.1, -0.05) is 44.6 Å². The summed E-state index contributed by atoms with van der Waals surface area (Å²) in [5.41, 5.74) is 1.53. The largest absolute Gasteiger partial charge is 0.114 e. The van der Waals surface area contributed by atoms with Gasteiger partial charge in [0.05, 0.1) is 4.21 Å². The molecule has 2 aliphatic heterocycles. The standard InChI is InChI=1S/C8H6S6/c1-2-5-4-6-8(12-14-13-11-6)10-7(5)9-3-1/h1-2H,3-4H2. The van der Waals surface area contributed by atoms with Gasteiger partial charge in [0.15, 0.2) is 0 Å². The van der Waals surface area contributed by atoms with Crippen LogP contribution in [0.1, 0.15) is 4.88 Å². The fraction of sp³-hybridized carbons (Fsp3) is 0.250. The molecule has 0 aromatic carbocycles. The van der Waals surface area contributed by atoms with Crippen LogP contribution >= 0.6 is 62.9 Å². The fourth-order valence-electron chi connectivity index (χ4n) is 1.31. The first-order chi connectivity index (χ1) is 6.93. The smallest absolute Gasteiger partial charge is 0.0909 e. The molecular weight excluding hydrogens is 288 g/mol. The summed E-state index contributed by atoms with van der Waals surface area (Å²) in [5.74, 6) is 1.15. The van der Waals surface area contributed by atoms with E-state index < -0.39 is 0 Å². The highest BCUT2D eigenvalue weighted by atomic mass is 33.4. The van der Waals surface area contributed by atoms with Crippen LogP contribution in [0.2, 0.25) is 0 Å². The lowest BCUT2D eigenvalue weighted by molar-refractivity contribution is 1.20. The third-order valence-electron chi connectivity index (χ3n) is 1.93. The quantitative estimate of drug-likeness (QED) is 0.602. The van der Waals surface area contributed by atoms with Crippen LogP contribution in [0.4, 0.5) is 0 Å². The van der Waals surface area contributed by atoms with Crippen molar-refractivity contribution in [1.82, 2.24) is 0 Å². The van der Waals surface area contributed by atoms with Crippen LogP contribution in [0.5, 0.6) is 0 Å². The number of thioether (sulfide) groups is 2. The second-order valence-corrected chi connectivity index (χ2v) is 11.2. The van der Waals surface area contributed by atoms with E-state index in [0.717, 1.165) is 12.2 Å². The van der Waals surface area contributed by atoms with E-state index in [1.165, 1.54) is 14.0 Å². The zero-order valence-corrected chi connectivity index (χ0v) is 11.9. The van der Waals surface area contributed by atoms with Gasteiger partial charge in [0.1, 0.15) is 0 Å². The number of fused-ring (bicyclic) bond motifs is 1. The summed E-state index contributed by atoms with van der Waals surface area (Å²) in [6.45, 7) is 0. The molecule has 1 aromatic rings. The fourth-order valence-corrected chi connectivity index (χ4v) is 11.1. The number of hydrogen-bond donors (Lipinski definition) is 0. The van der Waals surface area contributed by atoms with Crippen molar-refractivity contribution in [3.63, 3.8) is 0 Å². The molecule has 6 heteroatoms. The maximum Gasteiger partial charge on any atom is 0.0909 e. The molecule has 0 aliphatic carbocycles. The van der Waals surface area contributed by atoms with Gasteiger partial charge in [-0.15, -0.1) is 11.8 Å². The monoisotopic (exact) mass is 294 g/mol. The van der Waals surface area contributed by atoms with E-state index in [4.69, 9.17) is 0 Å². The summed E-state index contributed by atoms with van der Waals surface area (Å²) >= 11 is 3.96. The Balaban J connectivity index is 2.03. The molecule has 0 amide bonds. The molecule has 0 saturated heterocycles. The van der Waals surface area contributed by atoms with E-state index in [1.807, 2.05) is 62.9 Å². The van der Waals surface area contributed by atoms with Crippen LogP contribution in [0.25, 0.3) is 0 Å². The van der Waals surface area contributed by atoms with Crippen molar-refractivity contribution < 1.29 is 0 Å². The Hall–Kier alpha value is 0.800. The summed E-state index contributed by atoms with van der Waals surface area (Å²) in [4.78, 5) is 1.56. The average molecular weight is 295 g/mol. The predicted molar refractivity (Wildman–Crippen MR) is 73.8 cm³/mol. The molecule has 0 bridgehead atoms. The Morgan fingerprint density at radius 3 is 3.07 bits per heavy atom. The van der Waals surface area contributed by atoms with Gasteiger partial charge in [-0.2, -0.15) is 0 Å². The van der Waals surface area contributed by atoms with Crippen LogP contribution in [-0.2, 0) is 6.42 Å². The lowest BCUT2D eigenvalue weighted by atomic mass is 10.2. The van der Waals surface area contributed by atoms with E-state index in [-0.39, 0.29) is 0 Å². The van der Waals surface area contributed by atoms with Crippen LogP contribution < -0.4 is 0 Å². The first-order valence-electron chi connectivity index (χ1n) is 4.05. The van der Waals surface area contributed by atoms with Crippen molar-refractivity contribution in [2.24, 2.45) is 0 Å². The maximum absolute atomic E-state index is 2.31. The highest BCUT2D eigenvalue weighted by Crippen LogP contribution is 2.50. The van der Waals surface area contributed by atoms with Gasteiger partial charge >= 0.3 is 0 Å². The molecule has 0 radical (unpaired) electrons. The van der Waals surface area contributed by atoms with Gasteiger partial charge in [-0.05, 0) is 24.3 Å². The van der Waals surface area contributed by atoms with Crippen molar-refractivity contribution in [2.75, 3.05) is 5.75 Å². The highest BCUT2D eigenvalue weighted by molar-refractivity contribution is 8.24. The van der Waals surface area contributed by atoms with Crippen molar-refractivity contribution in [3.8, 4) is 0 Å². The molecule has 3 heterocycles. The van der Waals surface area contributed by atoms with Crippen molar-refractivity contribution in [1.29, 1.82) is 0 Å². The number of allylic oxidation sites excluding steroid dienone is 2. The Morgan fingerprint density at radius 2 is 2.07 bits per heavy atom. The number of hydrogen-bond acceptors (Lipinski definition) is 6. The van der Waals surface area contributed by atoms with Gasteiger partial charge in [-0.25, -0.2) is 0 Å². The van der Waals surface area contributed by atoms with Crippen LogP contribution in [-0.4, -0.2) is 5.75 Å². The maximum atomic E-state index is 2.31. The molecule has 0 saturated carbocycles. The normalized spacial score (nSPS) is 19.1. The summed E-state index contributed by atoms with van der Waals surface area (Å²) in [7, 11) is 7.66. The molecule has 0 spiro atoms. The molecule has 0 N–H and O–H groups in total. The van der Waals surface area contributed by atoms with Gasteiger partial charge in [-0.3, -0.25) is 0 Å². The Labute approximate surface area is 105 Å². The third-order valence-corrected chi connectivity index (χ3v) is 11.4. The van der Waals surface area contributed by atoms with E-state index in [2.05, 4.69) is 12.2 Å². The Morgan fingerprint density at radius 1 is 1.14 bits per heavy atom. The van der Waals surface area contributed by atoms with Gasteiger partial charge < -0.3 is 0 Å². The SMILES string of the molecule is C1=CC2=C(SC1)Sc1ssssc1C2. The van der Waals surface area contributed by atoms with Gasteiger partial charge in [0, 0.05) is 21.3 Å². The summed E-state index contributed by atoms with van der Waals surface area (Å²) in [6, 6.07) is 0. The molecule has 0 nitrogen and oxygen atoms in total. The Bertz CT molecular complexity index is 435. The molecule has 0 atom stereocenters. The molecule has 74 valence electrons. The molecule has 2 aliphatic rings. The first kappa shape index (κ1) is 9.99. The van der Waals surface area contributed by atoms with E-state index in [9.17, 15) is 0 Å². The average Bonchev–Trinajstić information content (AvgIpc) is 2.26. The molecule has 0 unspecified atom stereocenters.